The first kappa shape index (κ1) is 21.2. The summed E-state index contributed by atoms with van der Waals surface area (Å²) in [7, 11) is 3.47. The Bertz CT molecular complexity index is 1220. The largest absolute Gasteiger partial charge is 0.486 e. The van der Waals surface area contributed by atoms with Crippen molar-refractivity contribution >= 4 is 40.5 Å². The molecule has 1 amide bonds. The summed E-state index contributed by atoms with van der Waals surface area (Å²) < 4.78 is 16.9. The van der Waals surface area contributed by atoms with Crippen LogP contribution in [0.5, 0.6) is 11.5 Å². The van der Waals surface area contributed by atoms with Crippen molar-refractivity contribution in [3.05, 3.63) is 47.8 Å². The van der Waals surface area contributed by atoms with E-state index < -0.39 is 0 Å². The molecule has 170 valence electrons. The molecule has 8 nitrogen and oxygen atoms in total. The number of methoxy groups -OCH3 is 1. The number of fused-ring (bicyclic) bond motifs is 2. The molecule has 2 aromatic heterocycles. The first-order chi connectivity index (χ1) is 16.1. The SMILES string of the molecule is CNc1ncc(/C=C/c2ccc3c(c2)OCC(COC)O3)c2cc(NC(=O)C3CC3)ncc12. The summed E-state index contributed by atoms with van der Waals surface area (Å²) in [6.45, 7) is 0.943. The van der Waals surface area contributed by atoms with Crippen LogP contribution in [-0.4, -0.2) is 49.4 Å². The van der Waals surface area contributed by atoms with Crippen molar-refractivity contribution in [3.63, 3.8) is 0 Å². The zero-order valence-corrected chi connectivity index (χ0v) is 18.6. The van der Waals surface area contributed by atoms with E-state index in [-0.39, 0.29) is 17.9 Å². The number of carbonyl (C=O) groups excluding carboxylic acids is 1. The summed E-state index contributed by atoms with van der Waals surface area (Å²) >= 11 is 0. The van der Waals surface area contributed by atoms with Crippen LogP contribution in [0.2, 0.25) is 0 Å². The van der Waals surface area contributed by atoms with Crippen LogP contribution in [0.4, 0.5) is 11.6 Å². The monoisotopic (exact) mass is 446 g/mol. The normalized spacial score (nSPS) is 17.3. The van der Waals surface area contributed by atoms with Gasteiger partial charge in [-0.25, -0.2) is 9.97 Å². The van der Waals surface area contributed by atoms with E-state index in [9.17, 15) is 4.79 Å². The summed E-state index contributed by atoms with van der Waals surface area (Å²) in [5, 5.41) is 7.87. The molecule has 1 aliphatic carbocycles. The van der Waals surface area contributed by atoms with Crippen LogP contribution in [-0.2, 0) is 9.53 Å². The van der Waals surface area contributed by atoms with Gasteiger partial charge in [-0.3, -0.25) is 4.79 Å². The standard InChI is InChI=1S/C25H26N4O4/c1-26-24-20-12-27-23(29-25(30)16-6-7-16)10-19(20)17(11-28-24)5-3-15-4-8-21-22(9-15)32-14-18(33-21)13-31-2/h3-5,8-12,16,18H,6-7,13-14H2,1-2H3,(H,26,28)(H,27,29,30)/b5-3+. The minimum atomic E-state index is -0.102. The highest BCUT2D eigenvalue weighted by atomic mass is 16.6. The van der Waals surface area contributed by atoms with Gasteiger partial charge in [-0.15, -0.1) is 0 Å². The van der Waals surface area contributed by atoms with Gasteiger partial charge in [0.2, 0.25) is 5.91 Å². The van der Waals surface area contributed by atoms with Gasteiger partial charge in [0.25, 0.3) is 0 Å². The molecular formula is C25H26N4O4. The third kappa shape index (κ3) is 4.61. The fraction of sp³-hybridized carbons (Fsp3) is 0.320. The molecule has 0 bridgehead atoms. The number of pyridine rings is 2. The molecule has 1 saturated carbocycles. The predicted octanol–water partition coefficient (Wildman–Crippen LogP) is 3.98. The number of aromatic nitrogens is 2. The van der Waals surface area contributed by atoms with Gasteiger partial charge in [-0.2, -0.15) is 0 Å². The second-order valence-electron chi connectivity index (χ2n) is 8.24. The maximum atomic E-state index is 12.2. The van der Waals surface area contributed by atoms with E-state index in [2.05, 4.69) is 20.6 Å². The maximum Gasteiger partial charge on any atom is 0.228 e. The van der Waals surface area contributed by atoms with E-state index in [4.69, 9.17) is 14.2 Å². The van der Waals surface area contributed by atoms with E-state index in [1.165, 1.54) is 0 Å². The van der Waals surface area contributed by atoms with Gasteiger partial charge in [-0.1, -0.05) is 18.2 Å². The van der Waals surface area contributed by atoms with E-state index in [0.717, 1.165) is 40.6 Å². The van der Waals surface area contributed by atoms with Gasteiger partial charge in [0.05, 0.1) is 6.61 Å². The Kier molecular flexibility index (Phi) is 5.83. The van der Waals surface area contributed by atoms with Crippen LogP contribution in [0.25, 0.3) is 22.9 Å². The molecule has 0 saturated heterocycles. The predicted molar refractivity (Wildman–Crippen MR) is 128 cm³/mol. The fourth-order valence-corrected chi connectivity index (χ4v) is 3.82. The van der Waals surface area contributed by atoms with E-state index >= 15 is 0 Å². The minimum Gasteiger partial charge on any atom is -0.486 e. The number of nitrogens with one attached hydrogen (secondary N) is 2. The lowest BCUT2D eigenvalue weighted by atomic mass is 10.1. The first-order valence-electron chi connectivity index (χ1n) is 11.0. The van der Waals surface area contributed by atoms with Crippen molar-refractivity contribution in [2.24, 2.45) is 5.92 Å². The summed E-state index contributed by atoms with van der Waals surface area (Å²) in [4.78, 5) is 21.1. The highest BCUT2D eigenvalue weighted by Gasteiger charge is 2.29. The molecule has 5 rings (SSSR count). The van der Waals surface area contributed by atoms with Gasteiger partial charge in [-0.05, 0) is 42.0 Å². The molecule has 0 radical (unpaired) electrons. The lowest BCUT2D eigenvalue weighted by Gasteiger charge is -2.26. The number of nitrogens with zero attached hydrogens (tertiary/aromatic N) is 2. The van der Waals surface area contributed by atoms with Crippen LogP contribution in [0, 0.1) is 5.92 Å². The molecule has 1 unspecified atom stereocenters. The topological polar surface area (TPSA) is 94.6 Å². The van der Waals surface area contributed by atoms with Crippen molar-refractivity contribution in [3.8, 4) is 11.5 Å². The minimum absolute atomic E-state index is 0.0332. The van der Waals surface area contributed by atoms with Crippen LogP contribution < -0.4 is 20.1 Å². The Hall–Kier alpha value is -3.65. The van der Waals surface area contributed by atoms with Crippen LogP contribution in [0.15, 0.2) is 36.7 Å². The number of benzene rings is 1. The molecule has 8 heteroatoms. The summed E-state index contributed by atoms with van der Waals surface area (Å²) in [5.41, 5.74) is 1.90. The highest BCUT2D eigenvalue weighted by molar-refractivity contribution is 6.01. The van der Waals surface area contributed by atoms with Crippen molar-refractivity contribution in [1.82, 2.24) is 9.97 Å². The van der Waals surface area contributed by atoms with Crippen LogP contribution >= 0.6 is 0 Å². The Morgan fingerprint density at radius 1 is 1.15 bits per heavy atom. The smallest absolute Gasteiger partial charge is 0.228 e. The summed E-state index contributed by atoms with van der Waals surface area (Å²) in [6, 6.07) is 7.74. The number of amides is 1. The van der Waals surface area contributed by atoms with Gasteiger partial charge in [0.15, 0.2) is 17.6 Å². The Morgan fingerprint density at radius 3 is 2.82 bits per heavy atom. The first-order valence-corrected chi connectivity index (χ1v) is 11.0. The third-order valence-electron chi connectivity index (χ3n) is 5.73. The van der Waals surface area contributed by atoms with Gasteiger partial charge < -0.3 is 24.8 Å². The molecule has 3 heterocycles. The van der Waals surface area contributed by atoms with Gasteiger partial charge in [0.1, 0.15) is 18.2 Å². The Morgan fingerprint density at radius 2 is 2.03 bits per heavy atom. The van der Waals surface area contributed by atoms with Crippen molar-refractivity contribution in [2.45, 2.75) is 18.9 Å². The zero-order valence-electron chi connectivity index (χ0n) is 18.6. The zero-order chi connectivity index (χ0) is 22.8. The van der Waals surface area contributed by atoms with Crippen molar-refractivity contribution in [1.29, 1.82) is 0 Å². The quantitative estimate of drug-likeness (QED) is 0.567. The molecule has 2 N–H and O–H groups in total. The van der Waals surface area contributed by atoms with Crippen molar-refractivity contribution < 1.29 is 19.0 Å². The average Bonchev–Trinajstić information content (AvgIpc) is 3.68. The lowest BCUT2D eigenvalue weighted by molar-refractivity contribution is -0.117. The maximum absolute atomic E-state index is 12.2. The molecule has 1 aromatic carbocycles. The molecule has 1 fully saturated rings. The number of hydrogen-bond acceptors (Lipinski definition) is 7. The second-order valence-corrected chi connectivity index (χ2v) is 8.24. The Labute approximate surface area is 192 Å². The molecule has 33 heavy (non-hydrogen) atoms. The average molecular weight is 447 g/mol. The van der Waals surface area contributed by atoms with Crippen LogP contribution in [0.1, 0.15) is 24.0 Å². The van der Waals surface area contributed by atoms with E-state index in [1.54, 1.807) is 13.3 Å². The van der Waals surface area contributed by atoms with Crippen LogP contribution in [0.3, 0.4) is 0 Å². The number of hydrogen-bond donors (Lipinski definition) is 2. The molecule has 1 atom stereocenters. The van der Waals surface area contributed by atoms with Gasteiger partial charge in [0, 0.05) is 43.4 Å². The van der Waals surface area contributed by atoms with Crippen molar-refractivity contribution in [2.75, 3.05) is 38.0 Å². The fourth-order valence-electron chi connectivity index (χ4n) is 3.82. The number of rotatable bonds is 7. The number of ether oxygens (including phenoxy) is 3. The molecule has 1 aliphatic heterocycles. The third-order valence-corrected chi connectivity index (χ3v) is 5.73. The molecule has 2 aliphatic rings. The van der Waals surface area contributed by atoms with Gasteiger partial charge >= 0.3 is 0 Å². The molecule has 0 spiro atoms. The lowest BCUT2D eigenvalue weighted by Crippen LogP contribution is -2.32. The molecule has 3 aromatic rings. The molecular weight excluding hydrogens is 420 g/mol. The summed E-state index contributed by atoms with van der Waals surface area (Å²) in [6.07, 6.45) is 9.35. The summed E-state index contributed by atoms with van der Waals surface area (Å²) in [5.74, 6) is 2.87. The number of anilines is 2. The number of carbonyl (C=O) groups is 1. The van der Waals surface area contributed by atoms with E-state index in [1.807, 2.05) is 49.7 Å². The Balaban J connectivity index is 1.42. The highest BCUT2D eigenvalue weighted by Crippen LogP contribution is 2.34. The van der Waals surface area contributed by atoms with E-state index in [0.29, 0.717) is 30.5 Å². The second kappa shape index (κ2) is 9.07.